The first-order valence-electron chi connectivity index (χ1n) is 7.47. The monoisotopic (exact) mass is 265 g/mol. The molecule has 1 aliphatic heterocycles. The summed E-state index contributed by atoms with van der Waals surface area (Å²) in [5.41, 5.74) is 3.59. The summed E-state index contributed by atoms with van der Waals surface area (Å²) in [6, 6.07) is 16.7. The minimum absolute atomic E-state index is 0.112. The number of aliphatic hydroxyl groups is 1. The zero-order valence-corrected chi connectivity index (χ0v) is 11.5. The molecule has 2 aliphatic rings. The van der Waals surface area contributed by atoms with Crippen molar-refractivity contribution in [2.75, 3.05) is 6.54 Å². The molecular weight excluding hydrogens is 246 g/mol. The first-order valence-corrected chi connectivity index (χ1v) is 7.47. The van der Waals surface area contributed by atoms with Crippen LogP contribution in [0.15, 0.2) is 48.5 Å². The Morgan fingerprint density at radius 3 is 2.05 bits per heavy atom. The van der Waals surface area contributed by atoms with Crippen LogP contribution in [0.25, 0.3) is 11.1 Å². The van der Waals surface area contributed by atoms with E-state index in [1.165, 1.54) is 24.0 Å². The number of nitrogens with one attached hydrogen (secondary N) is 1. The third-order valence-electron chi connectivity index (χ3n) is 4.78. The smallest absolute Gasteiger partial charge is 0.131 e. The summed E-state index contributed by atoms with van der Waals surface area (Å²) in [6.07, 6.45) is 3.42. The third kappa shape index (κ3) is 1.52. The van der Waals surface area contributed by atoms with Crippen LogP contribution in [0.5, 0.6) is 0 Å². The van der Waals surface area contributed by atoms with Gasteiger partial charge in [0, 0.05) is 6.04 Å². The molecule has 1 fully saturated rings. The predicted octanol–water partition coefficient (Wildman–Crippen LogP) is 3.05. The lowest BCUT2D eigenvalue weighted by Crippen LogP contribution is -2.50. The maximum absolute atomic E-state index is 11.6. The van der Waals surface area contributed by atoms with Gasteiger partial charge in [-0.1, -0.05) is 55.0 Å². The van der Waals surface area contributed by atoms with E-state index in [4.69, 9.17) is 0 Å². The van der Waals surface area contributed by atoms with E-state index in [1.807, 2.05) is 12.1 Å². The van der Waals surface area contributed by atoms with E-state index in [9.17, 15) is 5.11 Å². The molecule has 2 heteroatoms. The Hall–Kier alpha value is -1.64. The second-order valence-electron chi connectivity index (χ2n) is 5.86. The van der Waals surface area contributed by atoms with Crippen molar-refractivity contribution < 1.29 is 5.11 Å². The van der Waals surface area contributed by atoms with Crippen LogP contribution in [-0.4, -0.2) is 17.7 Å². The Morgan fingerprint density at radius 2 is 1.50 bits per heavy atom. The number of hydrogen-bond donors (Lipinski definition) is 2. The predicted molar refractivity (Wildman–Crippen MR) is 80.5 cm³/mol. The minimum Gasteiger partial charge on any atom is -0.379 e. The van der Waals surface area contributed by atoms with Crippen LogP contribution in [0.1, 0.15) is 30.4 Å². The van der Waals surface area contributed by atoms with Gasteiger partial charge in [0.2, 0.25) is 0 Å². The Balaban J connectivity index is 1.94. The lowest BCUT2D eigenvalue weighted by atomic mass is 9.80. The summed E-state index contributed by atoms with van der Waals surface area (Å²) in [5.74, 6) is 0. The van der Waals surface area contributed by atoms with E-state index in [2.05, 4.69) is 41.7 Å². The number of fused-ring (bicyclic) bond motifs is 3. The zero-order chi connectivity index (χ0) is 13.6. The number of rotatable bonds is 1. The second kappa shape index (κ2) is 4.44. The van der Waals surface area contributed by atoms with Crippen molar-refractivity contribution in [1.82, 2.24) is 5.32 Å². The molecule has 2 aromatic rings. The molecule has 4 rings (SSSR count). The highest BCUT2D eigenvalue weighted by Crippen LogP contribution is 2.50. The molecule has 0 saturated carbocycles. The van der Waals surface area contributed by atoms with Gasteiger partial charge in [0.05, 0.1) is 0 Å². The number of hydrogen-bond acceptors (Lipinski definition) is 2. The van der Waals surface area contributed by atoms with E-state index in [0.29, 0.717) is 0 Å². The van der Waals surface area contributed by atoms with E-state index < -0.39 is 5.60 Å². The van der Waals surface area contributed by atoms with Crippen LogP contribution in [0.3, 0.4) is 0 Å². The summed E-state index contributed by atoms with van der Waals surface area (Å²) in [5, 5.41) is 15.1. The molecule has 0 aromatic heterocycles. The van der Waals surface area contributed by atoms with Crippen molar-refractivity contribution >= 4 is 0 Å². The van der Waals surface area contributed by atoms with Crippen LogP contribution in [0, 0.1) is 0 Å². The van der Waals surface area contributed by atoms with Gasteiger partial charge in [0.15, 0.2) is 0 Å². The number of piperidine rings is 1. The highest BCUT2D eigenvalue weighted by atomic mass is 16.3. The maximum atomic E-state index is 11.6. The third-order valence-corrected chi connectivity index (χ3v) is 4.78. The maximum Gasteiger partial charge on any atom is 0.131 e. The molecule has 1 saturated heterocycles. The largest absolute Gasteiger partial charge is 0.379 e. The lowest BCUT2D eigenvalue weighted by Gasteiger charge is -2.38. The molecule has 2 nitrogen and oxygen atoms in total. The van der Waals surface area contributed by atoms with Crippen molar-refractivity contribution in [3.63, 3.8) is 0 Å². The van der Waals surface area contributed by atoms with Gasteiger partial charge < -0.3 is 10.4 Å². The van der Waals surface area contributed by atoms with E-state index >= 15 is 0 Å². The summed E-state index contributed by atoms with van der Waals surface area (Å²) < 4.78 is 0. The molecule has 1 unspecified atom stereocenters. The van der Waals surface area contributed by atoms with E-state index in [0.717, 1.165) is 24.1 Å². The van der Waals surface area contributed by atoms with Crippen molar-refractivity contribution in [3.8, 4) is 11.1 Å². The van der Waals surface area contributed by atoms with Crippen LogP contribution in [-0.2, 0) is 5.60 Å². The summed E-state index contributed by atoms with van der Waals surface area (Å²) in [7, 11) is 0. The van der Waals surface area contributed by atoms with Gasteiger partial charge in [-0.05, 0) is 41.6 Å². The molecule has 2 aromatic carbocycles. The molecular formula is C18H19NO. The average molecular weight is 265 g/mol. The standard InChI is InChI=1S/C18H19NO/c20-18(17-11-5-6-12-19-17)15-9-3-1-7-13(15)14-8-2-4-10-16(14)18/h1-4,7-10,17,19-20H,5-6,11-12H2. The van der Waals surface area contributed by atoms with Crippen molar-refractivity contribution in [2.24, 2.45) is 0 Å². The fourth-order valence-electron chi connectivity index (χ4n) is 3.83. The molecule has 20 heavy (non-hydrogen) atoms. The molecule has 1 aliphatic carbocycles. The molecule has 0 radical (unpaired) electrons. The molecule has 0 bridgehead atoms. The highest BCUT2D eigenvalue weighted by Gasteiger charge is 2.47. The second-order valence-corrected chi connectivity index (χ2v) is 5.86. The van der Waals surface area contributed by atoms with E-state index in [-0.39, 0.29) is 6.04 Å². The Morgan fingerprint density at radius 1 is 0.900 bits per heavy atom. The molecule has 0 amide bonds. The van der Waals surface area contributed by atoms with Gasteiger partial charge in [-0.25, -0.2) is 0 Å². The topological polar surface area (TPSA) is 32.3 Å². The van der Waals surface area contributed by atoms with Gasteiger partial charge in [0.25, 0.3) is 0 Å². The lowest BCUT2D eigenvalue weighted by molar-refractivity contribution is 0.0310. The minimum atomic E-state index is -0.881. The molecule has 1 heterocycles. The normalized spacial score (nSPS) is 23.1. The van der Waals surface area contributed by atoms with Crippen LogP contribution >= 0.6 is 0 Å². The van der Waals surface area contributed by atoms with E-state index in [1.54, 1.807) is 0 Å². The van der Waals surface area contributed by atoms with Gasteiger partial charge in [0.1, 0.15) is 5.60 Å². The van der Waals surface area contributed by atoms with Crippen molar-refractivity contribution in [1.29, 1.82) is 0 Å². The van der Waals surface area contributed by atoms with Gasteiger partial charge in [-0.2, -0.15) is 0 Å². The SMILES string of the molecule is OC1(C2CCCCN2)c2ccccc2-c2ccccc21. The zero-order valence-electron chi connectivity index (χ0n) is 11.5. The molecule has 2 N–H and O–H groups in total. The molecule has 102 valence electrons. The fourth-order valence-corrected chi connectivity index (χ4v) is 3.83. The number of benzene rings is 2. The Kier molecular flexibility index (Phi) is 2.69. The Labute approximate surface area is 119 Å². The molecule has 1 atom stereocenters. The quantitative estimate of drug-likeness (QED) is 0.830. The Bertz CT molecular complexity index is 598. The van der Waals surface area contributed by atoms with Gasteiger partial charge >= 0.3 is 0 Å². The van der Waals surface area contributed by atoms with Crippen LogP contribution in [0.4, 0.5) is 0 Å². The first-order chi connectivity index (χ1) is 9.82. The van der Waals surface area contributed by atoms with Crippen molar-refractivity contribution in [3.05, 3.63) is 59.7 Å². The first kappa shape index (κ1) is 12.1. The van der Waals surface area contributed by atoms with Gasteiger partial charge in [-0.15, -0.1) is 0 Å². The highest BCUT2D eigenvalue weighted by molar-refractivity contribution is 5.80. The summed E-state index contributed by atoms with van der Waals surface area (Å²) >= 11 is 0. The van der Waals surface area contributed by atoms with Gasteiger partial charge in [-0.3, -0.25) is 0 Å². The van der Waals surface area contributed by atoms with Crippen LogP contribution < -0.4 is 5.32 Å². The van der Waals surface area contributed by atoms with Crippen LogP contribution in [0.2, 0.25) is 0 Å². The van der Waals surface area contributed by atoms with Crippen molar-refractivity contribution in [2.45, 2.75) is 30.9 Å². The summed E-state index contributed by atoms with van der Waals surface area (Å²) in [4.78, 5) is 0. The average Bonchev–Trinajstić information content (AvgIpc) is 2.80. The summed E-state index contributed by atoms with van der Waals surface area (Å²) in [6.45, 7) is 0.997. The molecule has 0 spiro atoms. The fraction of sp³-hybridized carbons (Fsp3) is 0.333.